The summed E-state index contributed by atoms with van der Waals surface area (Å²) < 4.78 is 0. The lowest BCUT2D eigenvalue weighted by molar-refractivity contribution is 0.297. The molecule has 3 unspecified atom stereocenters. The molecule has 1 aromatic rings. The van der Waals surface area contributed by atoms with E-state index in [0.717, 1.165) is 12.2 Å². The van der Waals surface area contributed by atoms with Gasteiger partial charge < -0.3 is 10.6 Å². The highest BCUT2D eigenvalue weighted by molar-refractivity contribution is 6.34. The fourth-order valence-corrected chi connectivity index (χ4v) is 3.23. The van der Waals surface area contributed by atoms with Gasteiger partial charge in [0.1, 0.15) is 5.84 Å². The van der Waals surface area contributed by atoms with Crippen LogP contribution in [0.3, 0.4) is 0 Å². The first kappa shape index (κ1) is 14.2. The second-order valence-corrected chi connectivity index (χ2v) is 6.20. The van der Waals surface area contributed by atoms with E-state index in [0.29, 0.717) is 28.5 Å². The van der Waals surface area contributed by atoms with Crippen LogP contribution in [0, 0.1) is 17.2 Å². The monoisotopic (exact) mass is 279 g/mol. The number of rotatable bonds is 2. The van der Waals surface area contributed by atoms with Crippen molar-refractivity contribution in [3.05, 3.63) is 28.8 Å². The quantitative estimate of drug-likeness (QED) is 0.643. The number of nitrogens with two attached hydrogens (primary N) is 1. The number of hydrogen-bond donors (Lipinski definition) is 2. The summed E-state index contributed by atoms with van der Waals surface area (Å²) in [5.41, 5.74) is 7.23. The zero-order valence-electron chi connectivity index (χ0n) is 11.8. The van der Waals surface area contributed by atoms with Crippen molar-refractivity contribution in [1.82, 2.24) is 0 Å². The van der Waals surface area contributed by atoms with Crippen LogP contribution in [0.15, 0.2) is 18.2 Å². The van der Waals surface area contributed by atoms with Gasteiger partial charge in [-0.25, -0.2) is 0 Å². The highest BCUT2D eigenvalue weighted by atomic mass is 35.5. The van der Waals surface area contributed by atoms with Gasteiger partial charge in [0.05, 0.1) is 5.02 Å². The molecule has 1 saturated heterocycles. The molecular weight excluding hydrogens is 258 g/mol. The van der Waals surface area contributed by atoms with Gasteiger partial charge in [0.2, 0.25) is 0 Å². The van der Waals surface area contributed by atoms with E-state index in [1.807, 2.05) is 18.2 Å². The number of halogens is 1. The molecule has 1 aliphatic rings. The minimum Gasteiger partial charge on any atom is -0.384 e. The average Bonchev–Trinajstić information content (AvgIpc) is 2.33. The first-order chi connectivity index (χ1) is 8.90. The molecule has 3 N–H and O–H groups in total. The molecule has 4 heteroatoms. The molecule has 1 fully saturated rings. The van der Waals surface area contributed by atoms with Gasteiger partial charge in [-0.05, 0) is 43.4 Å². The molecule has 1 aliphatic heterocycles. The van der Waals surface area contributed by atoms with Gasteiger partial charge in [0.15, 0.2) is 0 Å². The zero-order chi connectivity index (χ0) is 14.2. The van der Waals surface area contributed by atoms with Crippen LogP contribution in [0.2, 0.25) is 5.02 Å². The van der Waals surface area contributed by atoms with E-state index >= 15 is 0 Å². The third kappa shape index (κ3) is 2.86. The number of nitrogens with one attached hydrogen (secondary N) is 1. The minimum atomic E-state index is 0.0185. The van der Waals surface area contributed by atoms with Crippen molar-refractivity contribution >= 4 is 23.1 Å². The molecule has 19 heavy (non-hydrogen) atoms. The van der Waals surface area contributed by atoms with Gasteiger partial charge in [-0.15, -0.1) is 0 Å². The van der Waals surface area contributed by atoms with Crippen molar-refractivity contribution in [1.29, 1.82) is 5.41 Å². The Labute approximate surface area is 120 Å². The number of piperidine rings is 1. The van der Waals surface area contributed by atoms with Gasteiger partial charge >= 0.3 is 0 Å². The molecule has 104 valence electrons. The van der Waals surface area contributed by atoms with Crippen LogP contribution >= 0.6 is 11.6 Å². The Morgan fingerprint density at radius 1 is 1.37 bits per heavy atom. The van der Waals surface area contributed by atoms with Crippen LogP contribution in [-0.4, -0.2) is 18.4 Å². The highest BCUT2D eigenvalue weighted by Gasteiger charge is 2.29. The first-order valence-corrected chi connectivity index (χ1v) is 7.18. The topological polar surface area (TPSA) is 53.1 Å². The van der Waals surface area contributed by atoms with Crippen LogP contribution in [0.4, 0.5) is 5.69 Å². The number of benzene rings is 1. The van der Waals surface area contributed by atoms with E-state index in [4.69, 9.17) is 22.7 Å². The lowest BCUT2D eigenvalue weighted by atomic mass is 9.85. The number of nitrogens with zero attached hydrogens (tertiary/aromatic N) is 1. The van der Waals surface area contributed by atoms with Gasteiger partial charge in [0, 0.05) is 23.8 Å². The molecular formula is C15H22ClN3. The first-order valence-electron chi connectivity index (χ1n) is 6.80. The van der Waals surface area contributed by atoms with E-state index in [1.165, 1.54) is 6.42 Å². The molecule has 0 radical (unpaired) electrons. The van der Waals surface area contributed by atoms with Gasteiger partial charge in [0.25, 0.3) is 0 Å². The maximum atomic E-state index is 7.47. The fraction of sp³-hybridized carbons (Fsp3) is 0.533. The summed E-state index contributed by atoms with van der Waals surface area (Å²) in [7, 11) is 0. The molecule has 0 saturated carbocycles. The predicted molar refractivity (Wildman–Crippen MR) is 82.2 cm³/mol. The molecule has 2 rings (SSSR count). The minimum absolute atomic E-state index is 0.0185. The Bertz CT molecular complexity index is 486. The van der Waals surface area contributed by atoms with Crippen LogP contribution in [0.1, 0.15) is 32.8 Å². The van der Waals surface area contributed by atoms with Gasteiger partial charge in [-0.3, -0.25) is 5.41 Å². The lowest BCUT2D eigenvalue weighted by Gasteiger charge is -2.42. The molecule has 0 amide bonds. The molecule has 3 nitrogen and oxygen atoms in total. The van der Waals surface area contributed by atoms with Crippen molar-refractivity contribution in [2.45, 2.75) is 33.2 Å². The maximum Gasteiger partial charge on any atom is 0.124 e. The molecule has 0 spiro atoms. The second kappa shape index (κ2) is 5.41. The Morgan fingerprint density at radius 2 is 2.05 bits per heavy atom. The SMILES string of the molecule is CC1CC(C)C(C)N(c2ccc(C(=N)N)c(Cl)c2)C1. The van der Waals surface area contributed by atoms with Crippen LogP contribution in [0.25, 0.3) is 0 Å². The average molecular weight is 280 g/mol. The molecule has 0 aliphatic carbocycles. The molecule has 0 aromatic heterocycles. The molecule has 1 aromatic carbocycles. The van der Waals surface area contributed by atoms with Gasteiger partial charge in [-0.1, -0.05) is 25.4 Å². The molecule has 1 heterocycles. The summed E-state index contributed by atoms with van der Waals surface area (Å²) in [6, 6.07) is 6.30. The predicted octanol–water partition coefficient (Wildman–Crippen LogP) is 3.49. The lowest BCUT2D eigenvalue weighted by Crippen LogP contribution is -2.45. The Hall–Kier alpha value is -1.22. The normalized spacial score (nSPS) is 27.4. The summed E-state index contributed by atoms with van der Waals surface area (Å²) in [6.45, 7) is 7.92. The van der Waals surface area contributed by atoms with Crippen LogP contribution in [-0.2, 0) is 0 Å². The summed E-state index contributed by atoms with van der Waals surface area (Å²) in [4.78, 5) is 2.41. The zero-order valence-corrected chi connectivity index (χ0v) is 12.5. The van der Waals surface area contributed by atoms with Crippen molar-refractivity contribution in [2.24, 2.45) is 17.6 Å². The standard InChI is InChI=1S/C15H22ClN3/c1-9-6-10(2)11(3)19(8-9)12-4-5-13(15(17)18)14(16)7-12/h4-5,7,9-11H,6,8H2,1-3H3,(H3,17,18). The third-order valence-electron chi connectivity index (χ3n) is 4.17. The largest absolute Gasteiger partial charge is 0.384 e. The van der Waals surface area contributed by atoms with Crippen molar-refractivity contribution in [2.75, 3.05) is 11.4 Å². The van der Waals surface area contributed by atoms with Crippen LogP contribution < -0.4 is 10.6 Å². The Morgan fingerprint density at radius 3 is 2.63 bits per heavy atom. The van der Waals surface area contributed by atoms with Crippen molar-refractivity contribution in [3.63, 3.8) is 0 Å². The number of anilines is 1. The number of amidine groups is 1. The van der Waals surface area contributed by atoms with Gasteiger partial charge in [-0.2, -0.15) is 0 Å². The smallest absolute Gasteiger partial charge is 0.124 e. The van der Waals surface area contributed by atoms with Crippen molar-refractivity contribution < 1.29 is 0 Å². The summed E-state index contributed by atoms with van der Waals surface area (Å²) in [6.07, 6.45) is 1.27. The maximum absolute atomic E-state index is 7.47. The number of nitrogen functional groups attached to an aromatic ring is 1. The fourth-order valence-electron chi connectivity index (χ4n) is 2.96. The Kier molecular flexibility index (Phi) is 4.04. The van der Waals surface area contributed by atoms with Crippen LogP contribution in [0.5, 0.6) is 0 Å². The molecule has 0 bridgehead atoms. The van der Waals surface area contributed by atoms with Crippen molar-refractivity contribution in [3.8, 4) is 0 Å². The van der Waals surface area contributed by atoms with E-state index in [9.17, 15) is 0 Å². The molecule has 3 atom stereocenters. The highest BCUT2D eigenvalue weighted by Crippen LogP contribution is 2.33. The second-order valence-electron chi connectivity index (χ2n) is 5.79. The summed E-state index contributed by atoms with van der Waals surface area (Å²) in [5, 5.41) is 8.03. The van der Waals surface area contributed by atoms with E-state index in [2.05, 4.69) is 25.7 Å². The van der Waals surface area contributed by atoms with E-state index in [-0.39, 0.29) is 5.84 Å². The summed E-state index contributed by atoms with van der Waals surface area (Å²) in [5.74, 6) is 1.39. The summed E-state index contributed by atoms with van der Waals surface area (Å²) >= 11 is 6.22. The van der Waals surface area contributed by atoms with E-state index < -0.39 is 0 Å². The number of hydrogen-bond acceptors (Lipinski definition) is 2. The van der Waals surface area contributed by atoms with E-state index in [1.54, 1.807) is 0 Å². The Balaban J connectivity index is 2.31. The third-order valence-corrected chi connectivity index (χ3v) is 4.48.